The Hall–Kier alpha value is -3.19. The maximum Gasteiger partial charge on any atom is 0.269 e. The monoisotopic (exact) mass is 358 g/mol. The Kier molecular flexibility index (Phi) is 4.02. The number of nitro groups is 1. The van der Waals surface area contributed by atoms with Crippen molar-refractivity contribution >= 4 is 46.1 Å². The number of amides is 2. The predicted molar refractivity (Wildman–Crippen MR) is 92.2 cm³/mol. The summed E-state index contributed by atoms with van der Waals surface area (Å²) in [6, 6.07) is 9.65. The van der Waals surface area contributed by atoms with Crippen molar-refractivity contribution < 1.29 is 19.6 Å². The molecule has 2 aromatic rings. The van der Waals surface area contributed by atoms with Crippen LogP contribution < -0.4 is 4.90 Å². The largest absolute Gasteiger partial charge is 0.506 e. The SMILES string of the molecule is CC(=O)N1C(=O)/C(=C(/O)c2ccc([N+](=O)[O-])cc2)c2ccc(Cl)cc21. The number of fused-ring (bicyclic) bond motifs is 1. The van der Waals surface area contributed by atoms with Gasteiger partial charge in [-0.15, -0.1) is 0 Å². The highest BCUT2D eigenvalue weighted by Crippen LogP contribution is 2.41. The highest BCUT2D eigenvalue weighted by atomic mass is 35.5. The van der Waals surface area contributed by atoms with Gasteiger partial charge in [0.1, 0.15) is 5.76 Å². The Morgan fingerprint density at radius 3 is 2.40 bits per heavy atom. The molecule has 0 fully saturated rings. The van der Waals surface area contributed by atoms with Gasteiger partial charge in [-0.05, 0) is 24.3 Å². The number of non-ortho nitro benzene ring substituents is 1. The van der Waals surface area contributed by atoms with Crippen molar-refractivity contribution in [2.24, 2.45) is 0 Å². The minimum atomic E-state index is -0.680. The fraction of sp³-hybridized carbons (Fsp3) is 0.0588. The lowest BCUT2D eigenvalue weighted by Gasteiger charge is -2.12. The number of nitro benzene ring substituents is 1. The summed E-state index contributed by atoms with van der Waals surface area (Å²) in [5.74, 6) is -1.56. The quantitative estimate of drug-likeness (QED) is 0.383. The minimum absolute atomic E-state index is 0.0595. The number of hydrogen-bond donors (Lipinski definition) is 1. The number of nitrogens with zero attached hydrogens (tertiary/aromatic N) is 2. The van der Waals surface area contributed by atoms with Gasteiger partial charge in [-0.2, -0.15) is 0 Å². The van der Waals surface area contributed by atoms with Crippen LogP contribution in [-0.4, -0.2) is 21.8 Å². The molecular formula is C17H11ClN2O5. The molecule has 0 saturated carbocycles. The van der Waals surface area contributed by atoms with E-state index in [9.17, 15) is 24.8 Å². The van der Waals surface area contributed by atoms with Crippen molar-refractivity contribution in [1.82, 2.24) is 0 Å². The topological polar surface area (TPSA) is 101 Å². The van der Waals surface area contributed by atoms with Gasteiger partial charge in [0.2, 0.25) is 5.91 Å². The van der Waals surface area contributed by atoms with E-state index in [0.29, 0.717) is 10.6 Å². The van der Waals surface area contributed by atoms with Gasteiger partial charge in [0, 0.05) is 35.2 Å². The van der Waals surface area contributed by atoms with E-state index in [1.54, 1.807) is 6.07 Å². The van der Waals surface area contributed by atoms with E-state index in [-0.39, 0.29) is 28.3 Å². The van der Waals surface area contributed by atoms with Gasteiger partial charge in [0.15, 0.2) is 0 Å². The zero-order valence-corrected chi connectivity index (χ0v) is 13.6. The van der Waals surface area contributed by atoms with Gasteiger partial charge in [-0.1, -0.05) is 17.7 Å². The molecular weight excluding hydrogens is 348 g/mol. The van der Waals surface area contributed by atoms with Gasteiger partial charge in [0.25, 0.3) is 11.6 Å². The molecule has 8 heteroatoms. The van der Waals surface area contributed by atoms with Crippen molar-refractivity contribution in [3.63, 3.8) is 0 Å². The summed E-state index contributed by atoms with van der Waals surface area (Å²) in [6.45, 7) is 1.23. The first-order valence-corrected chi connectivity index (χ1v) is 7.52. The first-order chi connectivity index (χ1) is 11.8. The molecule has 2 amide bonds. The zero-order valence-electron chi connectivity index (χ0n) is 12.9. The maximum atomic E-state index is 12.6. The number of imide groups is 1. The Morgan fingerprint density at radius 2 is 1.84 bits per heavy atom. The number of aliphatic hydroxyl groups excluding tert-OH is 1. The molecule has 0 saturated heterocycles. The minimum Gasteiger partial charge on any atom is -0.506 e. The molecule has 0 unspecified atom stereocenters. The normalized spacial score (nSPS) is 15.1. The summed E-state index contributed by atoms with van der Waals surface area (Å²) >= 11 is 5.94. The average molecular weight is 359 g/mol. The van der Waals surface area contributed by atoms with Crippen molar-refractivity contribution in [2.75, 3.05) is 4.90 Å². The van der Waals surface area contributed by atoms with Crippen LogP contribution in [0.1, 0.15) is 18.1 Å². The van der Waals surface area contributed by atoms with E-state index in [1.165, 1.54) is 43.3 Å². The first-order valence-electron chi connectivity index (χ1n) is 7.14. The summed E-state index contributed by atoms with van der Waals surface area (Å²) in [7, 11) is 0. The molecule has 7 nitrogen and oxygen atoms in total. The smallest absolute Gasteiger partial charge is 0.269 e. The van der Waals surface area contributed by atoms with Crippen LogP contribution >= 0.6 is 11.6 Å². The van der Waals surface area contributed by atoms with Crippen molar-refractivity contribution in [1.29, 1.82) is 0 Å². The number of benzene rings is 2. The molecule has 1 aliphatic rings. The standard InChI is InChI=1S/C17H11ClN2O5/c1-9(21)19-14-8-11(18)4-7-13(14)15(17(19)23)16(22)10-2-5-12(6-3-10)20(24)25/h2-8,22H,1H3/b16-15+. The number of rotatable bonds is 2. The molecule has 0 aliphatic carbocycles. The molecule has 0 aromatic heterocycles. The van der Waals surface area contributed by atoms with E-state index >= 15 is 0 Å². The molecule has 126 valence electrons. The van der Waals surface area contributed by atoms with Crippen LogP contribution in [0.5, 0.6) is 0 Å². The molecule has 0 radical (unpaired) electrons. The molecule has 1 heterocycles. The van der Waals surface area contributed by atoms with E-state index in [0.717, 1.165) is 4.90 Å². The number of carbonyl (C=O) groups is 2. The molecule has 25 heavy (non-hydrogen) atoms. The first kappa shape index (κ1) is 16.7. The molecule has 3 rings (SSSR count). The van der Waals surface area contributed by atoms with Crippen molar-refractivity contribution in [3.05, 3.63) is 68.7 Å². The van der Waals surface area contributed by atoms with Crippen LogP contribution in [0.25, 0.3) is 11.3 Å². The van der Waals surface area contributed by atoms with Crippen molar-refractivity contribution in [3.8, 4) is 0 Å². The number of anilines is 1. The Balaban J connectivity index is 2.18. The van der Waals surface area contributed by atoms with E-state index in [2.05, 4.69) is 0 Å². The molecule has 1 aliphatic heterocycles. The summed E-state index contributed by atoms with van der Waals surface area (Å²) < 4.78 is 0. The second-order valence-electron chi connectivity index (χ2n) is 5.35. The fourth-order valence-electron chi connectivity index (χ4n) is 2.66. The van der Waals surface area contributed by atoms with E-state index in [4.69, 9.17) is 11.6 Å². The van der Waals surface area contributed by atoms with Crippen LogP contribution in [0.4, 0.5) is 11.4 Å². The molecule has 2 aromatic carbocycles. The lowest BCUT2D eigenvalue weighted by Crippen LogP contribution is -2.31. The summed E-state index contributed by atoms with van der Waals surface area (Å²) in [5, 5.41) is 21.6. The third-order valence-corrected chi connectivity index (χ3v) is 4.03. The van der Waals surface area contributed by atoms with Gasteiger partial charge >= 0.3 is 0 Å². The van der Waals surface area contributed by atoms with Gasteiger partial charge in [0.05, 0.1) is 16.2 Å². The number of carbonyl (C=O) groups excluding carboxylic acids is 2. The van der Waals surface area contributed by atoms with Gasteiger partial charge in [-0.3, -0.25) is 19.7 Å². The Bertz CT molecular complexity index is 950. The molecule has 0 spiro atoms. The third kappa shape index (κ3) is 2.74. The summed E-state index contributed by atoms with van der Waals surface area (Å²) in [4.78, 5) is 35.6. The Labute approximate surface area is 146 Å². The van der Waals surface area contributed by atoms with Gasteiger partial charge < -0.3 is 5.11 Å². The number of aliphatic hydroxyl groups is 1. The maximum absolute atomic E-state index is 12.6. The average Bonchev–Trinajstić information content (AvgIpc) is 2.85. The molecule has 0 atom stereocenters. The van der Waals surface area contributed by atoms with Crippen LogP contribution in [0, 0.1) is 10.1 Å². The van der Waals surface area contributed by atoms with Gasteiger partial charge in [-0.25, -0.2) is 4.90 Å². The zero-order chi connectivity index (χ0) is 18.3. The highest BCUT2D eigenvalue weighted by molar-refractivity contribution is 6.43. The summed E-state index contributed by atoms with van der Waals surface area (Å²) in [6.07, 6.45) is 0. The fourth-order valence-corrected chi connectivity index (χ4v) is 2.83. The summed E-state index contributed by atoms with van der Waals surface area (Å²) in [5.41, 5.74) is 0.668. The number of hydrogen-bond acceptors (Lipinski definition) is 5. The van der Waals surface area contributed by atoms with Crippen molar-refractivity contribution in [2.45, 2.75) is 6.92 Å². The molecule has 0 bridgehead atoms. The van der Waals surface area contributed by atoms with Crippen LogP contribution in [0.2, 0.25) is 5.02 Å². The van der Waals surface area contributed by atoms with E-state index < -0.39 is 16.7 Å². The number of halogens is 1. The third-order valence-electron chi connectivity index (χ3n) is 3.79. The second-order valence-corrected chi connectivity index (χ2v) is 5.79. The second kappa shape index (κ2) is 6.03. The highest BCUT2D eigenvalue weighted by Gasteiger charge is 2.37. The predicted octanol–water partition coefficient (Wildman–Crippen LogP) is 3.57. The van der Waals surface area contributed by atoms with E-state index in [1.807, 2.05) is 0 Å². The lowest BCUT2D eigenvalue weighted by molar-refractivity contribution is -0.384. The van der Waals surface area contributed by atoms with Crippen LogP contribution in [0.15, 0.2) is 42.5 Å². The van der Waals surface area contributed by atoms with Crippen LogP contribution in [0.3, 0.4) is 0 Å². The molecule has 1 N–H and O–H groups in total. The van der Waals surface area contributed by atoms with Crippen LogP contribution in [-0.2, 0) is 9.59 Å². The lowest BCUT2D eigenvalue weighted by atomic mass is 10.0. The Morgan fingerprint density at radius 1 is 1.20 bits per heavy atom.